The van der Waals surface area contributed by atoms with Gasteiger partial charge in [0.1, 0.15) is 5.82 Å². The molecule has 1 atom stereocenters. The molecule has 2 saturated heterocycles. The van der Waals surface area contributed by atoms with Crippen molar-refractivity contribution in [3.05, 3.63) is 47.7 Å². The number of piperidine rings is 1. The zero-order valence-electron chi connectivity index (χ0n) is 19.7. The van der Waals surface area contributed by atoms with Crippen LogP contribution in [-0.4, -0.2) is 36.6 Å². The molecule has 1 aromatic heterocycles. The first-order valence-corrected chi connectivity index (χ1v) is 12.1. The van der Waals surface area contributed by atoms with Crippen molar-refractivity contribution in [1.82, 2.24) is 15.6 Å². The number of carbonyl (C=O) groups excluding carboxylic acids is 1. The van der Waals surface area contributed by atoms with Crippen molar-refractivity contribution in [3.8, 4) is 0 Å². The fourth-order valence-corrected chi connectivity index (χ4v) is 4.73. The smallest absolute Gasteiger partial charge is 0.237 e. The third kappa shape index (κ3) is 5.60. The lowest BCUT2D eigenvalue weighted by molar-refractivity contribution is -0.122. The number of carbonyl (C=O) groups is 1. The van der Waals surface area contributed by atoms with Gasteiger partial charge < -0.3 is 20.9 Å². The van der Waals surface area contributed by atoms with Gasteiger partial charge >= 0.3 is 0 Å². The molecule has 172 valence electrons. The number of aromatic nitrogens is 1. The van der Waals surface area contributed by atoms with E-state index < -0.39 is 0 Å². The van der Waals surface area contributed by atoms with Gasteiger partial charge in [0, 0.05) is 25.3 Å². The molecule has 2 aliphatic rings. The van der Waals surface area contributed by atoms with Crippen LogP contribution < -0.4 is 20.9 Å². The average molecular weight is 436 g/mol. The topological polar surface area (TPSA) is 69.3 Å². The second-order valence-corrected chi connectivity index (χ2v) is 9.56. The van der Waals surface area contributed by atoms with Gasteiger partial charge in [-0.15, -0.1) is 0 Å². The Labute approximate surface area is 192 Å². The summed E-state index contributed by atoms with van der Waals surface area (Å²) in [5.41, 5.74) is 4.15. The van der Waals surface area contributed by atoms with Crippen molar-refractivity contribution in [2.75, 3.05) is 29.9 Å². The van der Waals surface area contributed by atoms with Crippen molar-refractivity contribution in [1.29, 1.82) is 0 Å². The molecule has 2 aromatic rings. The molecule has 0 spiro atoms. The van der Waals surface area contributed by atoms with E-state index in [1.807, 2.05) is 0 Å². The van der Waals surface area contributed by atoms with Crippen LogP contribution in [0, 0.1) is 18.8 Å². The second kappa shape index (κ2) is 10.3. The van der Waals surface area contributed by atoms with E-state index in [9.17, 15) is 4.79 Å². The minimum Gasteiger partial charge on any atom is -0.357 e. The highest BCUT2D eigenvalue weighted by atomic mass is 16.2. The molecular weight excluding hydrogens is 398 g/mol. The normalized spacial score (nSPS) is 19.4. The number of benzene rings is 1. The van der Waals surface area contributed by atoms with Crippen LogP contribution in [0.5, 0.6) is 0 Å². The first-order chi connectivity index (χ1) is 15.5. The van der Waals surface area contributed by atoms with Crippen LogP contribution in [0.1, 0.15) is 50.8 Å². The Balaban J connectivity index is 1.30. The van der Waals surface area contributed by atoms with Gasteiger partial charge in [-0.05, 0) is 80.8 Å². The fourth-order valence-electron chi connectivity index (χ4n) is 4.73. The molecule has 0 saturated carbocycles. The Bertz CT molecular complexity index is 897. The highest BCUT2D eigenvalue weighted by Gasteiger charge is 2.23. The number of hydrogen-bond acceptors (Lipinski definition) is 5. The van der Waals surface area contributed by atoms with Crippen LogP contribution >= 0.6 is 0 Å². The van der Waals surface area contributed by atoms with Crippen molar-refractivity contribution in [2.24, 2.45) is 11.8 Å². The lowest BCUT2D eigenvalue weighted by atomic mass is 9.87. The van der Waals surface area contributed by atoms with E-state index in [1.54, 1.807) is 0 Å². The standard InChI is InChI=1S/C26H37N5O/c1-18(2)21-12-15-31(16-13-21)25-11-10-23(19(3)29-25)30-22-8-6-20(7-9-22)17-28-26(32)24-5-4-14-27-24/h6-11,18,21,24,27,30H,4-5,12-17H2,1-3H3,(H,28,32). The molecule has 3 N–H and O–H groups in total. The van der Waals surface area contributed by atoms with Gasteiger partial charge in [-0.25, -0.2) is 4.98 Å². The molecule has 2 fully saturated rings. The molecule has 4 rings (SSSR count). The van der Waals surface area contributed by atoms with Gasteiger partial charge in [-0.2, -0.15) is 0 Å². The lowest BCUT2D eigenvalue weighted by Crippen LogP contribution is -2.39. The minimum absolute atomic E-state index is 0.0315. The quantitative estimate of drug-likeness (QED) is 0.602. The Morgan fingerprint density at radius 1 is 1.12 bits per heavy atom. The van der Waals surface area contributed by atoms with Crippen molar-refractivity contribution in [2.45, 2.75) is 59.0 Å². The van der Waals surface area contributed by atoms with Gasteiger partial charge in [-0.1, -0.05) is 26.0 Å². The number of nitrogens with one attached hydrogen (secondary N) is 3. The zero-order chi connectivity index (χ0) is 22.5. The SMILES string of the molecule is Cc1nc(N2CCC(C(C)C)CC2)ccc1Nc1ccc(CNC(=O)C2CCCN2)cc1. The molecular formula is C26H37N5O. The highest BCUT2D eigenvalue weighted by Crippen LogP contribution is 2.29. The maximum Gasteiger partial charge on any atom is 0.237 e. The molecule has 0 aliphatic carbocycles. The van der Waals surface area contributed by atoms with E-state index in [1.165, 1.54) is 12.8 Å². The molecule has 0 radical (unpaired) electrons. The van der Waals surface area contributed by atoms with Crippen molar-refractivity contribution >= 4 is 23.1 Å². The monoisotopic (exact) mass is 435 g/mol. The minimum atomic E-state index is -0.0315. The van der Waals surface area contributed by atoms with Gasteiger partial charge in [0.05, 0.1) is 17.4 Å². The Kier molecular flexibility index (Phi) is 7.30. The molecule has 0 bridgehead atoms. The van der Waals surface area contributed by atoms with Crippen molar-refractivity contribution in [3.63, 3.8) is 0 Å². The van der Waals surface area contributed by atoms with Crippen LogP contribution in [0.3, 0.4) is 0 Å². The van der Waals surface area contributed by atoms with Crippen LogP contribution in [0.2, 0.25) is 0 Å². The first-order valence-electron chi connectivity index (χ1n) is 12.1. The summed E-state index contributed by atoms with van der Waals surface area (Å²) in [6.07, 6.45) is 4.51. The number of anilines is 3. The predicted molar refractivity (Wildman–Crippen MR) is 131 cm³/mol. The van der Waals surface area contributed by atoms with Crippen LogP contribution in [0.4, 0.5) is 17.2 Å². The van der Waals surface area contributed by atoms with E-state index in [0.29, 0.717) is 6.54 Å². The molecule has 1 amide bonds. The summed E-state index contributed by atoms with van der Waals surface area (Å²) in [6.45, 7) is 10.4. The van der Waals surface area contributed by atoms with Gasteiger partial charge in [0.2, 0.25) is 5.91 Å². The van der Waals surface area contributed by atoms with Crippen LogP contribution in [0.25, 0.3) is 0 Å². The molecule has 6 nitrogen and oxygen atoms in total. The van der Waals surface area contributed by atoms with E-state index >= 15 is 0 Å². The Morgan fingerprint density at radius 2 is 1.88 bits per heavy atom. The summed E-state index contributed by atoms with van der Waals surface area (Å²) in [4.78, 5) is 19.4. The average Bonchev–Trinajstić information content (AvgIpc) is 3.35. The summed E-state index contributed by atoms with van der Waals surface area (Å²) in [6, 6.07) is 12.5. The maximum atomic E-state index is 12.2. The van der Waals surface area contributed by atoms with Gasteiger partial charge in [0.25, 0.3) is 0 Å². The molecule has 2 aliphatic heterocycles. The van der Waals surface area contributed by atoms with Gasteiger partial charge in [0.15, 0.2) is 0 Å². The Hall–Kier alpha value is -2.60. The lowest BCUT2D eigenvalue weighted by Gasteiger charge is -2.34. The molecule has 1 aromatic carbocycles. The third-order valence-corrected chi connectivity index (χ3v) is 6.95. The Morgan fingerprint density at radius 3 is 2.50 bits per heavy atom. The summed E-state index contributed by atoms with van der Waals surface area (Å²) in [5.74, 6) is 2.78. The summed E-state index contributed by atoms with van der Waals surface area (Å²) < 4.78 is 0. The van der Waals surface area contributed by atoms with Crippen LogP contribution in [0.15, 0.2) is 36.4 Å². The summed E-state index contributed by atoms with van der Waals surface area (Å²) in [5, 5.41) is 9.75. The van der Waals surface area contributed by atoms with Crippen molar-refractivity contribution < 1.29 is 4.79 Å². The largest absolute Gasteiger partial charge is 0.357 e. The third-order valence-electron chi connectivity index (χ3n) is 6.95. The van der Waals surface area contributed by atoms with Crippen LogP contribution in [-0.2, 0) is 11.3 Å². The predicted octanol–water partition coefficient (Wildman–Crippen LogP) is 4.37. The molecule has 6 heteroatoms. The number of amides is 1. The second-order valence-electron chi connectivity index (χ2n) is 9.56. The highest BCUT2D eigenvalue weighted by molar-refractivity contribution is 5.82. The van der Waals surface area contributed by atoms with E-state index in [0.717, 1.165) is 72.8 Å². The number of hydrogen-bond donors (Lipinski definition) is 3. The zero-order valence-corrected chi connectivity index (χ0v) is 19.7. The number of nitrogens with zero attached hydrogens (tertiary/aromatic N) is 2. The number of pyridine rings is 1. The first kappa shape index (κ1) is 22.6. The van der Waals surface area contributed by atoms with E-state index in [2.05, 4.69) is 78.0 Å². The van der Waals surface area contributed by atoms with E-state index in [-0.39, 0.29) is 11.9 Å². The molecule has 32 heavy (non-hydrogen) atoms. The van der Waals surface area contributed by atoms with E-state index in [4.69, 9.17) is 4.98 Å². The molecule has 3 heterocycles. The van der Waals surface area contributed by atoms with Gasteiger partial charge in [-0.3, -0.25) is 4.79 Å². The summed E-state index contributed by atoms with van der Waals surface area (Å²) in [7, 11) is 0. The summed E-state index contributed by atoms with van der Waals surface area (Å²) >= 11 is 0. The fraction of sp³-hybridized carbons (Fsp3) is 0.538. The number of rotatable bonds is 7. The maximum absolute atomic E-state index is 12.2. The molecule has 1 unspecified atom stereocenters. The number of aryl methyl sites for hydroxylation is 1.